The second-order valence-electron chi connectivity index (χ2n) is 10.1. The number of rotatable bonds is 6. The first-order valence-electron chi connectivity index (χ1n) is 12.5. The number of fused-ring (bicyclic) bond motifs is 1. The van der Waals surface area contributed by atoms with Gasteiger partial charge in [-0.3, -0.25) is 19.4 Å². The van der Waals surface area contributed by atoms with Gasteiger partial charge in [0.25, 0.3) is 0 Å². The first-order chi connectivity index (χ1) is 19.2. The van der Waals surface area contributed by atoms with Crippen LogP contribution in [-0.2, 0) is 20.8 Å². The van der Waals surface area contributed by atoms with E-state index in [4.69, 9.17) is 4.65 Å². The second-order valence-corrected chi connectivity index (χ2v) is 10.1. The Morgan fingerprint density at radius 1 is 1.27 bits per heavy atom. The zero-order valence-corrected chi connectivity index (χ0v) is 22.3. The van der Waals surface area contributed by atoms with Crippen LogP contribution in [0.2, 0.25) is 0 Å². The van der Waals surface area contributed by atoms with Crippen LogP contribution in [0.1, 0.15) is 48.4 Å². The molecule has 1 saturated heterocycles. The number of aromatic hydroxyl groups is 1. The van der Waals surface area contributed by atoms with Gasteiger partial charge in [0.1, 0.15) is 17.2 Å². The Kier molecular flexibility index (Phi) is 7.88. The van der Waals surface area contributed by atoms with Crippen molar-refractivity contribution in [2.24, 2.45) is 0 Å². The van der Waals surface area contributed by atoms with Gasteiger partial charge in [-0.25, -0.2) is 18.9 Å². The zero-order valence-electron chi connectivity index (χ0n) is 22.3. The molecule has 0 radical (unpaired) electrons. The molecule has 0 spiro atoms. The summed E-state index contributed by atoms with van der Waals surface area (Å²) < 4.78 is 20.3. The quantitative estimate of drug-likeness (QED) is 0.232. The van der Waals surface area contributed by atoms with Gasteiger partial charge in [-0.05, 0) is 38.8 Å². The number of urea groups is 1. The molecule has 2 aliphatic rings. The molecule has 16 heteroatoms. The van der Waals surface area contributed by atoms with E-state index in [1.54, 1.807) is 6.92 Å². The molecule has 2 atom stereocenters. The Hall–Kier alpha value is -4.73. The van der Waals surface area contributed by atoms with E-state index in [0.717, 1.165) is 6.20 Å². The highest BCUT2D eigenvalue weighted by molar-refractivity contribution is 6.47. The lowest BCUT2D eigenvalue weighted by atomic mass is 9.72. The van der Waals surface area contributed by atoms with Gasteiger partial charge in [-0.15, -0.1) is 0 Å². The summed E-state index contributed by atoms with van der Waals surface area (Å²) in [5.41, 5.74) is -1.67. The molecule has 2 aliphatic heterocycles. The summed E-state index contributed by atoms with van der Waals surface area (Å²) in [4.78, 5) is 69.4. The van der Waals surface area contributed by atoms with E-state index in [0.29, 0.717) is 16.5 Å². The van der Waals surface area contributed by atoms with E-state index in [-0.39, 0.29) is 30.8 Å². The molecule has 1 fully saturated rings. The largest absolute Gasteiger partial charge is 0.547 e. The highest BCUT2D eigenvalue weighted by Crippen LogP contribution is 2.31. The average Bonchev–Trinajstić information content (AvgIpc) is 2.89. The number of hydrogen-bond donors (Lipinski definition) is 5. The van der Waals surface area contributed by atoms with Crippen LogP contribution in [0.4, 0.5) is 9.18 Å². The average molecular weight is 571 g/mol. The number of imide groups is 1. The lowest BCUT2D eigenvalue weighted by Crippen LogP contribution is -2.68. The Bertz CT molecular complexity index is 1440. The molecule has 3 heterocycles. The minimum atomic E-state index is -1.90. The van der Waals surface area contributed by atoms with E-state index >= 15 is 0 Å². The van der Waals surface area contributed by atoms with E-state index in [2.05, 4.69) is 15.6 Å². The van der Waals surface area contributed by atoms with Crippen molar-refractivity contribution in [3.63, 3.8) is 0 Å². The maximum Gasteiger partial charge on any atom is 0.547 e. The van der Waals surface area contributed by atoms with Gasteiger partial charge in [-0.1, -0.05) is 12.1 Å². The number of benzene rings is 1. The fourth-order valence-electron chi connectivity index (χ4n) is 4.82. The Balaban J connectivity index is 1.63. The van der Waals surface area contributed by atoms with Crippen LogP contribution < -0.4 is 15.3 Å². The number of carboxylic acids is 1. The molecular weight excluding hydrogens is 544 g/mol. The van der Waals surface area contributed by atoms with Crippen LogP contribution in [0.25, 0.3) is 0 Å². The molecule has 5 amide bonds. The lowest BCUT2D eigenvalue weighted by molar-refractivity contribution is -0.159. The third-order valence-electron chi connectivity index (χ3n) is 6.78. The molecule has 0 saturated carbocycles. The number of piperazine rings is 1. The SMILES string of the molecule is CCN1CC(C)(C)N(C(=O)NC(C(=O)N[C@H]2Cc3cccc(C(=O)O)c3OB2O)c2ncc(O)cc2F)C(=O)C1=O. The highest BCUT2D eigenvalue weighted by Gasteiger charge is 2.48. The summed E-state index contributed by atoms with van der Waals surface area (Å²) >= 11 is 0. The molecule has 2 aromatic rings. The standard InChI is InChI=1S/C25H27BFN5O9/c1-4-31-11-25(2,3)32(22(36)21(31)35)24(39)30-18(17-15(27)9-13(33)10-28-17)20(34)29-16-8-12-6-5-7-14(23(37)38)19(12)41-26(16)40/h5-7,9-10,16,18,33,40H,4,8,11H2,1-3H3,(H,29,34)(H,30,39)(H,37,38)/t16-,18?/m0/s1. The predicted octanol–water partition coefficient (Wildman–Crippen LogP) is -0.0159. The second kappa shape index (κ2) is 11.0. The summed E-state index contributed by atoms with van der Waals surface area (Å²) in [6.07, 6.45) is 0.750. The molecule has 216 valence electrons. The summed E-state index contributed by atoms with van der Waals surface area (Å²) in [6, 6.07) is 1.86. The minimum Gasteiger partial charge on any atom is -0.534 e. The first-order valence-corrected chi connectivity index (χ1v) is 12.5. The summed E-state index contributed by atoms with van der Waals surface area (Å²) in [7, 11) is -1.72. The molecule has 0 bridgehead atoms. The van der Waals surface area contributed by atoms with Gasteiger partial charge in [0, 0.05) is 19.2 Å². The summed E-state index contributed by atoms with van der Waals surface area (Å²) in [5, 5.41) is 34.2. The van der Waals surface area contributed by atoms with E-state index in [9.17, 15) is 43.6 Å². The van der Waals surface area contributed by atoms with Crippen LogP contribution in [0.15, 0.2) is 30.5 Å². The smallest absolute Gasteiger partial charge is 0.534 e. The predicted molar refractivity (Wildman–Crippen MR) is 138 cm³/mol. The van der Waals surface area contributed by atoms with Crippen LogP contribution in [-0.4, -0.2) is 91.4 Å². The Morgan fingerprint density at radius 2 is 1.98 bits per heavy atom. The monoisotopic (exact) mass is 571 g/mol. The van der Waals surface area contributed by atoms with Crippen molar-refractivity contribution >= 4 is 36.8 Å². The van der Waals surface area contributed by atoms with Crippen molar-refractivity contribution in [2.75, 3.05) is 13.1 Å². The van der Waals surface area contributed by atoms with Gasteiger partial charge in [0.15, 0.2) is 11.9 Å². The van der Waals surface area contributed by atoms with Gasteiger partial charge < -0.3 is 35.4 Å². The van der Waals surface area contributed by atoms with Crippen molar-refractivity contribution in [2.45, 2.75) is 44.7 Å². The first kappa shape index (κ1) is 29.3. The number of halogens is 1. The molecule has 14 nitrogen and oxygen atoms in total. The summed E-state index contributed by atoms with van der Waals surface area (Å²) in [5.74, 6) is -7.43. The van der Waals surface area contributed by atoms with Gasteiger partial charge in [0.05, 0.1) is 23.2 Å². The van der Waals surface area contributed by atoms with Gasteiger partial charge in [-0.2, -0.15) is 0 Å². The molecule has 41 heavy (non-hydrogen) atoms. The summed E-state index contributed by atoms with van der Waals surface area (Å²) in [6.45, 7) is 4.97. The van der Waals surface area contributed by atoms with Crippen molar-refractivity contribution in [1.82, 2.24) is 25.4 Å². The molecule has 1 unspecified atom stereocenters. The third kappa shape index (κ3) is 5.63. The molecule has 1 aromatic carbocycles. The molecule has 5 N–H and O–H groups in total. The molecule has 4 rings (SSSR count). The van der Waals surface area contributed by atoms with E-state index in [1.807, 2.05) is 0 Å². The van der Waals surface area contributed by atoms with Crippen LogP contribution in [0.5, 0.6) is 11.5 Å². The number of hydrogen-bond acceptors (Lipinski definition) is 9. The van der Waals surface area contributed by atoms with E-state index in [1.165, 1.54) is 36.9 Å². The molecule has 1 aromatic heterocycles. The van der Waals surface area contributed by atoms with Crippen LogP contribution >= 0.6 is 0 Å². The Morgan fingerprint density at radius 3 is 2.61 bits per heavy atom. The number of aromatic nitrogens is 1. The number of nitrogens with one attached hydrogen (secondary N) is 2. The van der Waals surface area contributed by atoms with Gasteiger partial charge in [0.2, 0.25) is 5.91 Å². The van der Waals surface area contributed by atoms with Crippen molar-refractivity contribution in [3.05, 3.63) is 53.1 Å². The number of aromatic carboxylic acids is 1. The number of likely N-dealkylation sites (N-methyl/N-ethyl adjacent to an activating group) is 1. The third-order valence-corrected chi connectivity index (χ3v) is 6.78. The maximum atomic E-state index is 14.9. The molecular formula is C25H27BFN5O9. The number of amides is 5. The highest BCUT2D eigenvalue weighted by atomic mass is 19.1. The number of nitrogens with zero attached hydrogens (tertiary/aromatic N) is 3. The van der Waals surface area contributed by atoms with Crippen molar-refractivity contribution in [3.8, 4) is 11.5 Å². The van der Waals surface area contributed by atoms with Crippen molar-refractivity contribution < 1.29 is 48.3 Å². The number of carbonyl (C=O) groups is 5. The topological polar surface area (TPSA) is 199 Å². The minimum absolute atomic E-state index is 0.00746. The van der Waals surface area contributed by atoms with E-state index < -0.39 is 71.6 Å². The number of para-hydroxylation sites is 1. The zero-order chi connectivity index (χ0) is 30.2. The number of carbonyl (C=O) groups excluding carboxylic acids is 4. The normalized spacial score (nSPS) is 18.8. The Labute approximate surface area is 233 Å². The maximum absolute atomic E-state index is 14.9. The number of carboxylic acid groups (broad SMARTS) is 1. The van der Waals surface area contributed by atoms with Gasteiger partial charge >= 0.3 is 30.9 Å². The fraction of sp³-hybridized carbons (Fsp3) is 0.360. The van der Waals surface area contributed by atoms with Crippen LogP contribution in [0.3, 0.4) is 0 Å². The molecule has 0 aliphatic carbocycles. The number of pyridine rings is 1. The van der Waals surface area contributed by atoms with Crippen LogP contribution in [0, 0.1) is 5.82 Å². The fourth-order valence-corrected chi connectivity index (χ4v) is 4.82. The lowest BCUT2D eigenvalue weighted by Gasteiger charge is -2.44. The van der Waals surface area contributed by atoms with Crippen molar-refractivity contribution in [1.29, 1.82) is 0 Å².